The van der Waals surface area contributed by atoms with Crippen molar-refractivity contribution < 1.29 is 37.1 Å². The first-order valence-corrected chi connectivity index (χ1v) is 25.6. The van der Waals surface area contributed by atoms with Crippen LogP contribution in [0.5, 0.6) is 17.2 Å². The standard InChI is InChI=1S/C51H58FN7O8S/c1-49(15-16-49)39-7-4-3-6-36(39)42-8-5-19-58(42)33-26-51(27-33)17-20-57(21-18-51)32-9-10-37(44(22-32)67-34-23-38-40(52)29-54-47(38)53-28-34)48(60)56-68(64,65)35-24-43(59(62)63)46-45(25-35)66-30-41(55-46)31-11-13-50(2,61)14-12-31/h3-4,6-7,9-10,22-25,28-29,31,33,41-42,55,61H,5,8,11-21,26-27,30H2,1-2H3,(H,53,54)(H,56,60)/t31-,41-,42-,50-/m1/s1. The number of aromatic amines is 1. The molecule has 5 fully saturated rings. The van der Waals surface area contributed by atoms with Crippen molar-refractivity contribution in [3.8, 4) is 17.2 Å². The number of nitro groups is 1. The minimum Gasteiger partial charge on any atom is -0.489 e. The van der Waals surface area contributed by atoms with Gasteiger partial charge in [-0.05, 0) is 137 Å². The second-order valence-corrected chi connectivity index (χ2v) is 22.7. The molecule has 3 saturated carbocycles. The van der Waals surface area contributed by atoms with E-state index in [1.807, 2.05) is 0 Å². The van der Waals surface area contributed by atoms with Gasteiger partial charge in [0, 0.05) is 55.3 Å². The minimum atomic E-state index is -4.71. The number of aromatic nitrogens is 2. The molecule has 17 heteroatoms. The monoisotopic (exact) mass is 947 g/mol. The van der Waals surface area contributed by atoms with Gasteiger partial charge in [-0.2, -0.15) is 0 Å². The van der Waals surface area contributed by atoms with Crippen molar-refractivity contribution >= 4 is 44.0 Å². The maximum atomic E-state index is 14.7. The van der Waals surface area contributed by atoms with Gasteiger partial charge in [0.1, 0.15) is 29.6 Å². The number of carbonyl (C=O) groups is 1. The first kappa shape index (κ1) is 44.7. The number of pyridine rings is 1. The third-order valence-electron chi connectivity index (χ3n) is 16.4. The number of nitro benzene ring substituents is 1. The molecule has 3 aromatic carbocycles. The number of sulfonamides is 1. The van der Waals surface area contributed by atoms with Gasteiger partial charge < -0.3 is 29.8 Å². The maximum absolute atomic E-state index is 14.7. The van der Waals surface area contributed by atoms with Crippen LogP contribution in [0.25, 0.3) is 11.0 Å². The summed E-state index contributed by atoms with van der Waals surface area (Å²) in [6.07, 6.45) is 14.5. The largest absolute Gasteiger partial charge is 0.489 e. The average molecular weight is 948 g/mol. The van der Waals surface area contributed by atoms with Gasteiger partial charge in [-0.3, -0.25) is 19.8 Å². The Kier molecular flexibility index (Phi) is 11.0. The molecular formula is C51H58FN7O8S. The van der Waals surface area contributed by atoms with Crippen LogP contribution in [0, 0.1) is 27.3 Å². The number of benzene rings is 3. The lowest BCUT2D eigenvalue weighted by atomic mass is 9.59. The van der Waals surface area contributed by atoms with Gasteiger partial charge >= 0.3 is 0 Å². The number of amides is 1. The van der Waals surface area contributed by atoms with Crippen molar-refractivity contribution in [1.82, 2.24) is 19.6 Å². The van der Waals surface area contributed by atoms with Gasteiger partial charge in [0.15, 0.2) is 11.4 Å². The lowest BCUT2D eigenvalue weighted by Crippen LogP contribution is -2.55. The van der Waals surface area contributed by atoms with Crippen LogP contribution < -0.4 is 24.4 Å². The number of nitrogens with zero attached hydrogens (tertiary/aromatic N) is 4. The fourth-order valence-corrected chi connectivity index (χ4v) is 13.0. The van der Waals surface area contributed by atoms with Crippen molar-refractivity contribution in [2.45, 2.75) is 125 Å². The lowest BCUT2D eigenvalue weighted by Gasteiger charge is -2.56. The maximum Gasteiger partial charge on any atom is 0.297 e. The second-order valence-electron chi connectivity index (χ2n) is 21.0. The van der Waals surface area contributed by atoms with E-state index in [1.54, 1.807) is 19.1 Å². The van der Waals surface area contributed by atoms with Gasteiger partial charge in [0.05, 0.1) is 38.6 Å². The van der Waals surface area contributed by atoms with Crippen LogP contribution in [0.2, 0.25) is 0 Å². The van der Waals surface area contributed by atoms with Crippen LogP contribution in [-0.4, -0.2) is 83.1 Å². The highest BCUT2D eigenvalue weighted by Gasteiger charge is 2.51. The molecule has 5 heterocycles. The Morgan fingerprint density at radius 3 is 2.51 bits per heavy atom. The molecule has 5 aromatic rings. The molecule has 2 aromatic heterocycles. The molecule has 358 valence electrons. The molecule has 2 atom stereocenters. The number of aliphatic hydroxyl groups is 1. The molecule has 11 rings (SSSR count). The number of rotatable bonds is 11. The van der Waals surface area contributed by atoms with Crippen LogP contribution in [0.1, 0.15) is 118 Å². The molecule has 3 aliphatic heterocycles. The van der Waals surface area contributed by atoms with Crippen molar-refractivity contribution in [2.75, 3.05) is 36.5 Å². The zero-order valence-electron chi connectivity index (χ0n) is 38.4. The Balaban J connectivity index is 0.807. The average Bonchev–Trinajstić information content (AvgIpc) is 3.69. The van der Waals surface area contributed by atoms with Gasteiger partial charge in [-0.15, -0.1) is 0 Å². The Bertz CT molecular complexity index is 2910. The first-order chi connectivity index (χ1) is 32.6. The summed E-state index contributed by atoms with van der Waals surface area (Å²) in [7, 11) is -4.71. The number of hydrogen-bond acceptors (Lipinski definition) is 12. The molecule has 0 unspecified atom stereocenters. The number of ether oxygens (including phenoxy) is 2. The molecule has 1 amide bonds. The number of carbonyl (C=O) groups excluding carboxylic acids is 1. The SMILES string of the molecule is CC1(c2ccccc2[C@H]2CCCN2C2CC3(CCN(c4ccc(C(=O)NS(=O)(=O)c5cc6c(c([N+](=O)[O-])c5)N[C@@H]([C@H]5CC[C@](C)(O)CC5)CO6)c(Oc5cnc6[nH]cc(F)c6c5)c4)CC3)C2)CC1. The Labute approximate surface area is 395 Å². The summed E-state index contributed by atoms with van der Waals surface area (Å²) >= 11 is 0. The predicted octanol–water partition coefficient (Wildman–Crippen LogP) is 9.27. The number of hydrogen-bond donors (Lipinski definition) is 4. The van der Waals surface area contributed by atoms with Crippen LogP contribution in [0.3, 0.4) is 0 Å². The number of nitrogens with one attached hydrogen (secondary N) is 3. The fourth-order valence-electron chi connectivity index (χ4n) is 12.0. The van der Waals surface area contributed by atoms with Crippen molar-refractivity contribution in [3.63, 3.8) is 0 Å². The summed E-state index contributed by atoms with van der Waals surface area (Å²) in [5.74, 6) is -1.35. The van der Waals surface area contributed by atoms with E-state index in [2.05, 4.69) is 61.0 Å². The summed E-state index contributed by atoms with van der Waals surface area (Å²) in [6.45, 7) is 7.06. The predicted molar refractivity (Wildman–Crippen MR) is 254 cm³/mol. The van der Waals surface area contributed by atoms with E-state index in [0.717, 1.165) is 44.2 Å². The summed E-state index contributed by atoms with van der Waals surface area (Å²) in [4.78, 5) is 37.4. The second kappa shape index (κ2) is 16.7. The van der Waals surface area contributed by atoms with Gasteiger partial charge in [-0.1, -0.05) is 31.2 Å². The molecule has 3 aliphatic carbocycles. The fraction of sp³-hybridized carbons (Fsp3) is 0.490. The van der Waals surface area contributed by atoms with Crippen molar-refractivity contribution in [1.29, 1.82) is 0 Å². The van der Waals surface area contributed by atoms with Crippen LogP contribution in [0.4, 0.5) is 21.5 Å². The Hall–Kier alpha value is -5.78. The molecule has 1 spiro atoms. The van der Waals surface area contributed by atoms with Crippen LogP contribution in [0.15, 0.2) is 78.0 Å². The highest BCUT2D eigenvalue weighted by molar-refractivity contribution is 7.90. The van der Waals surface area contributed by atoms with E-state index >= 15 is 0 Å². The van der Waals surface area contributed by atoms with E-state index in [1.165, 1.54) is 80.2 Å². The lowest BCUT2D eigenvalue weighted by molar-refractivity contribution is -0.384. The van der Waals surface area contributed by atoms with E-state index in [4.69, 9.17) is 9.47 Å². The molecule has 15 nitrogen and oxygen atoms in total. The third-order valence-corrected chi connectivity index (χ3v) is 17.7. The number of anilines is 2. The zero-order chi connectivity index (χ0) is 47.2. The highest BCUT2D eigenvalue weighted by Crippen LogP contribution is 2.56. The number of piperidine rings is 1. The van der Waals surface area contributed by atoms with Crippen LogP contribution >= 0.6 is 0 Å². The topological polar surface area (TPSA) is 192 Å². The molecule has 2 saturated heterocycles. The Morgan fingerprint density at radius 1 is 1.00 bits per heavy atom. The number of halogens is 1. The zero-order valence-corrected chi connectivity index (χ0v) is 39.2. The van der Waals surface area contributed by atoms with Gasteiger partial charge in [0.25, 0.3) is 21.6 Å². The van der Waals surface area contributed by atoms with Gasteiger partial charge in [-0.25, -0.2) is 22.5 Å². The van der Waals surface area contributed by atoms with Crippen LogP contribution in [-0.2, 0) is 15.4 Å². The minimum absolute atomic E-state index is 0.0237. The molecule has 0 radical (unpaired) electrons. The van der Waals surface area contributed by atoms with E-state index in [9.17, 15) is 32.8 Å². The molecule has 0 bridgehead atoms. The number of likely N-dealkylation sites (tertiary alicyclic amines) is 1. The summed E-state index contributed by atoms with van der Waals surface area (Å²) in [6, 6.07) is 18.4. The normalized spacial score (nSPS) is 25.5. The first-order valence-electron chi connectivity index (χ1n) is 24.1. The summed E-state index contributed by atoms with van der Waals surface area (Å²) < 4.78 is 57.0. The smallest absolute Gasteiger partial charge is 0.297 e. The molecule has 6 aliphatic rings. The van der Waals surface area contributed by atoms with Gasteiger partial charge in [0.2, 0.25) is 0 Å². The highest BCUT2D eigenvalue weighted by atomic mass is 32.2. The summed E-state index contributed by atoms with van der Waals surface area (Å²) in [5.41, 5.74) is 3.40. The van der Waals surface area contributed by atoms with Crippen molar-refractivity contribution in [2.24, 2.45) is 11.3 Å². The number of fused-ring (bicyclic) bond motifs is 2. The molecular weight excluding hydrogens is 890 g/mol. The van der Waals surface area contributed by atoms with Crippen molar-refractivity contribution in [3.05, 3.63) is 106 Å². The van der Waals surface area contributed by atoms with E-state index < -0.39 is 42.9 Å². The number of H-pyrrole nitrogens is 1. The molecule has 4 N–H and O–H groups in total. The van der Waals surface area contributed by atoms with E-state index in [-0.39, 0.29) is 57.9 Å². The summed E-state index contributed by atoms with van der Waals surface area (Å²) in [5, 5.41) is 26.2. The molecule has 68 heavy (non-hydrogen) atoms. The quantitative estimate of drug-likeness (QED) is 0.0726. The third kappa shape index (κ3) is 8.33. The van der Waals surface area contributed by atoms with E-state index in [0.29, 0.717) is 48.8 Å². The Morgan fingerprint density at radius 2 is 1.76 bits per heavy atom.